The molecule has 2 aromatic rings. The van der Waals surface area contributed by atoms with Gasteiger partial charge in [-0.05, 0) is 34.7 Å². The van der Waals surface area contributed by atoms with Gasteiger partial charge in [0.25, 0.3) is 11.6 Å². The van der Waals surface area contributed by atoms with E-state index >= 15 is 0 Å². The molecular formula is C14H12IN3O4. The van der Waals surface area contributed by atoms with E-state index in [2.05, 4.69) is 10.3 Å². The number of nitrogens with zero attached hydrogens (tertiary/aromatic N) is 2. The molecule has 0 aliphatic carbocycles. The van der Waals surface area contributed by atoms with Gasteiger partial charge in [-0.2, -0.15) is 0 Å². The Labute approximate surface area is 140 Å². The fourth-order valence-corrected chi connectivity index (χ4v) is 2.39. The molecule has 0 aliphatic heterocycles. The van der Waals surface area contributed by atoms with Crippen LogP contribution in [-0.4, -0.2) is 22.9 Å². The SMILES string of the molecule is COc1ncccc1CNC(=O)c1cc([N+](=O)[O-])ccc1I. The van der Waals surface area contributed by atoms with Crippen molar-refractivity contribution in [3.05, 3.63) is 61.3 Å². The van der Waals surface area contributed by atoms with Crippen molar-refractivity contribution in [3.63, 3.8) is 0 Å². The summed E-state index contributed by atoms with van der Waals surface area (Å²) >= 11 is 1.96. The Morgan fingerprint density at radius 2 is 2.23 bits per heavy atom. The van der Waals surface area contributed by atoms with E-state index in [0.717, 1.165) is 5.56 Å². The molecule has 1 aromatic heterocycles. The molecular weight excluding hydrogens is 401 g/mol. The molecule has 1 aromatic carbocycles. The maximum atomic E-state index is 12.2. The van der Waals surface area contributed by atoms with Crippen LogP contribution in [0.25, 0.3) is 0 Å². The van der Waals surface area contributed by atoms with Crippen molar-refractivity contribution in [1.29, 1.82) is 0 Å². The van der Waals surface area contributed by atoms with Crippen LogP contribution < -0.4 is 10.1 Å². The zero-order chi connectivity index (χ0) is 16.1. The van der Waals surface area contributed by atoms with Gasteiger partial charge in [0.05, 0.1) is 17.6 Å². The predicted molar refractivity (Wildman–Crippen MR) is 87.8 cm³/mol. The van der Waals surface area contributed by atoms with Crippen LogP contribution in [0.2, 0.25) is 0 Å². The number of benzene rings is 1. The minimum Gasteiger partial charge on any atom is -0.481 e. The average Bonchev–Trinajstić information content (AvgIpc) is 2.53. The van der Waals surface area contributed by atoms with Crippen LogP contribution in [-0.2, 0) is 6.54 Å². The summed E-state index contributed by atoms with van der Waals surface area (Å²) in [5, 5.41) is 13.5. The third-order valence-electron chi connectivity index (χ3n) is 2.89. The number of halogens is 1. The van der Waals surface area contributed by atoms with Gasteiger partial charge in [-0.3, -0.25) is 14.9 Å². The first-order valence-corrected chi connectivity index (χ1v) is 7.31. The number of non-ortho nitro benzene ring substituents is 1. The van der Waals surface area contributed by atoms with E-state index in [1.54, 1.807) is 18.3 Å². The molecule has 0 fully saturated rings. The van der Waals surface area contributed by atoms with Gasteiger partial charge in [-0.1, -0.05) is 6.07 Å². The number of hydrogen-bond acceptors (Lipinski definition) is 5. The van der Waals surface area contributed by atoms with Crippen LogP contribution >= 0.6 is 22.6 Å². The first kappa shape index (κ1) is 16.1. The van der Waals surface area contributed by atoms with Crippen molar-refractivity contribution >= 4 is 34.2 Å². The fraction of sp³-hybridized carbons (Fsp3) is 0.143. The largest absolute Gasteiger partial charge is 0.481 e. The Morgan fingerprint density at radius 1 is 1.45 bits per heavy atom. The Hall–Kier alpha value is -2.23. The number of carbonyl (C=O) groups excluding carboxylic acids is 1. The lowest BCUT2D eigenvalue weighted by Gasteiger charge is -2.09. The second-order valence-corrected chi connectivity index (χ2v) is 5.44. The lowest BCUT2D eigenvalue weighted by Crippen LogP contribution is -2.24. The van der Waals surface area contributed by atoms with Crippen molar-refractivity contribution in [1.82, 2.24) is 10.3 Å². The van der Waals surface area contributed by atoms with Crippen molar-refractivity contribution in [2.75, 3.05) is 7.11 Å². The molecule has 0 unspecified atom stereocenters. The summed E-state index contributed by atoms with van der Waals surface area (Å²) in [5.74, 6) is 0.0375. The highest BCUT2D eigenvalue weighted by atomic mass is 127. The minimum absolute atomic E-state index is 0.121. The Kier molecular flexibility index (Phi) is 5.26. The third kappa shape index (κ3) is 3.70. The minimum atomic E-state index is -0.531. The molecule has 8 heteroatoms. The van der Waals surface area contributed by atoms with Crippen LogP contribution in [0.4, 0.5) is 5.69 Å². The number of nitro groups is 1. The standard InChI is InChI=1S/C14H12IN3O4/c1-22-14-9(3-2-6-16-14)8-17-13(19)11-7-10(18(20)21)4-5-12(11)15/h2-7H,8H2,1H3,(H,17,19). The van der Waals surface area contributed by atoms with Crippen molar-refractivity contribution in [2.45, 2.75) is 6.54 Å². The van der Waals surface area contributed by atoms with Gasteiger partial charge >= 0.3 is 0 Å². The van der Waals surface area contributed by atoms with E-state index in [1.165, 1.54) is 25.3 Å². The Bertz CT molecular complexity index is 721. The summed E-state index contributed by atoms with van der Waals surface area (Å²) in [6.45, 7) is 0.217. The number of carbonyl (C=O) groups is 1. The smallest absolute Gasteiger partial charge is 0.270 e. The molecule has 0 atom stereocenters. The van der Waals surface area contributed by atoms with Crippen molar-refractivity contribution in [2.24, 2.45) is 0 Å². The summed E-state index contributed by atoms with van der Waals surface area (Å²) in [6, 6.07) is 7.68. The molecule has 1 heterocycles. The van der Waals surface area contributed by atoms with Gasteiger partial charge in [0.15, 0.2) is 0 Å². The monoisotopic (exact) mass is 413 g/mol. The maximum absolute atomic E-state index is 12.2. The van der Waals surface area contributed by atoms with E-state index in [9.17, 15) is 14.9 Å². The number of methoxy groups -OCH3 is 1. The number of amides is 1. The zero-order valence-corrected chi connectivity index (χ0v) is 13.7. The predicted octanol–water partition coefficient (Wildman–Crippen LogP) is 2.53. The molecule has 0 saturated heterocycles. The normalized spacial score (nSPS) is 10.1. The molecule has 0 radical (unpaired) electrons. The van der Waals surface area contributed by atoms with E-state index in [1.807, 2.05) is 22.6 Å². The van der Waals surface area contributed by atoms with E-state index in [0.29, 0.717) is 9.45 Å². The molecule has 2 rings (SSSR count). The number of nitrogens with one attached hydrogen (secondary N) is 1. The fourth-order valence-electron chi connectivity index (χ4n) is 1.81. The van der Waals surface area contributed by atoms with E-state index in [-0.39, 0.29) is 23.7 Å². The lowest BCUT2D eigenvalue weighted by molar-refractivity contribution is -0.384. The summed E-state index contributed by atoms with van der Waals surface area (Å²) in [7, 11) is 1.50. The third-order valence-corrected chi connectivity index (χ3v) is 3.83. The van der Waals surface area contributed by atoms with Gasteiger partial charge in [0.1, 0.15) is 0 Å². The summed E-state index contributed by atoms with van der Waals surface area (Å²) < 4.78 is 5.74. The number of pyridine rings is 1. The average molecular weight is 413 g/mol. The van der Waals surface area contributed by atoms with Gasteiger partial charge < -0.3 is 10.1 Å². The number of aromatic nitrogens is 1. The summed E-state index contributed by atoms with van der Waals surface area (Å²) in [6.07, 6.45) is 1.59. The molecule has 0 spiro atoms. The van der Waals surface area contributed by atoms with Crippen LogP contribution in [0.3, 0.4) is 0 Å². The number of rotatable bonds is 5. The maximum Gasteiger partial charge on any atom is 0.270 e. The van der Waals surface area contributed by atoms with Gasteiger partial charge in [-0.15, -0.1) is 0 Å². The topological polar surface area (TPSA) is 94.4 Å². The first-order valence-electron chi connectivity index (χ1n) is 6.23. The van der Waals surface area contributed by atoms with Crippen LogP contribution in [0, 0.1) is 13.7 Å². The van der Waals surface area contributed by atoms with Gasteiger partial charge in [0.2, 0.25) is 5.88 Å². The molecule has 22 heavy (non-hydrogen) atoms. The van der Waals surface area contributed by atoms with Gasteiger partial charge in [0, 0.05) is 34.0 Å². The molecule has 0 saturated carbocycles. The van der Waals surface area contributed by atoms with Crippen molar-refractivity contribution in [3.8, 4) is 5.88 Å². The van der Waals surface area contributed by atoms with Crippen molar-refractivity contribution < 1.29 is 14.5 Å². The zero-order valence-electron chi connectivity index (χ0n) is 11.6. The van der Waals surface area contributed by atoms with Crippen LogP contribution in [0.5, 0.6) is 5.88 Å². The molecule has 0 aliphatic rings. The quantitative estimate of drug-likeness (QED) is 0.462. The van der Waals surface area contributed by atoms with Crippen LogP contribution in [0.1, 0.15) is 15.9 Å². The van der Waals surface area contributed by atoms with Gasteiger partial charge in [-0.25, -0.2) is 4.98 Å². The lowest BCUT2D eigenvalue weighted by atomic mass is 10.2. The summed E-state index contributed by atoms with van der Waals surface area (Å²) in [5.41, 5.74) is 0.862. The van der Waals surface area contributed by atoms with E-state index in [4.69, 9.17) is 4.74 Å². The molecule has 0 bridgehead atoms. The second-order valence-electron chi connectivity index (χ2n) is 4.28. The van der Waals surface area contributed by atoms with E-state index < -0.39 is 4.92 Å². The Balaban J connectivity index is 2.16. The molecule has 1 N–H and O–H groups in total. The highest BCUT2D eigenvalue weighted by Gasteiger charge is 2.16. The molecule has 114 valence electrons. The highest BCUT2D eigenvalue weighted by molar-refractivity contribution is 14.1. The number of ether oxygens (including phenoxy) is 1. The first-order chi connectivity index (χ1) is 10.5. The highest BCUT2D eigenvalue weighted by Crippen LogP contribution is 2.20. The molecule has 7 nitrogen and oxygen atoms in total. The number of hydrogen-bond donors (Lipinski definition) is 1. The summed E-state index contributed by atoms with van der Waals surface area (Å²) in [4.78, 5) is 26.5. The van der Waals surface area contributed by atoms with Crippen LogP contribution in [0.15, 0.2) is 36.5 Å². The second kappa shape index (κ2) is 7.16. The number of nitro benzene ring substituents is 1. The Morgan fingerprint density at radius 3 is 2.91 bits per heavy atom. The molecule has 1 amide bonds.